The van der Waals surface area contributed by atoms with Gasteiger partial charge in [-0.15, -0.1) is 10.2 Å². The van der Waals surface area contributed by atoms with Gasteiger partial charge in [-0.2, -0.15) is 9.97 Å². The third-order valence-corrected chi connectivity index (χ3v) is 3.70. The van der Waals surface area contributed by atoms with Gasteiger partial charge in [-0.05, 0) is 31.2 Å². The fraction of sp³-hybridized carbons (Fsp3) is 0.214. The molecule has 0 saturated carbocycles. The molecule has 0 atom stereocenters. The van der Waals surface area contributed by atoms with Crippen molar-refractivity contribution < 1.29 is 9.15 Å². The summed E-state index contributed by atoms with van der Waals surface area (Å²) in [6, 6.07) is 7.40. The number of nitrogens with zero attached hydrogens (tertiary/aromatic N) is 5. The van der Waals surface area contributed by atoms with E-state index in [1.165, 1.54) is 11.8 Å². The highest BCUT2D eigenvalue weighted by Gasteiger charge is 2.10. The van der Waals surface area contributed by atoms with Crippen LogP contribution in [0.5, 0.6) is 5.75 Å². The Morgan fingerprint density at radius 1 is 1.13 bits per heavy atom. The molecule has 1 aromatic carbocycles. The molecule has 0 fully saturated rings. The highest BCUT2D eigenvalue weighted by molar-refractivity contribution is 7.98. The summed E-state index contributed by atoms with van der Waals surface area (Å²) in [4.78, 5) is 12.2. The van der Waals surface area contributed by atoms with E-state index in [4.69, 9.17) is 14.9 Å². The Labute approximate surface area is 136 Å². The van der Waals surface area contributed by atoms with Gasteiger partial charge in [0.05, 0.1) is 12.9 Å². The summed E-state index contributed by atoms with van der Waals surface area (Å²) < 4.78 is 10.8. The van der Waals surface area contributed by atoms with Gasteiger partial charge in [-0.25, -0.2) is 4.98 Å². The second-order valence-electron chi connectivity index (χ2n) is 4.54. The second kappa shape index (κ2) is 6.61. The van der Waals surface area contributed by atoms with Gasteiger partial charge >= 0.3 is 0 Å². The fourth-order valence-corrected chi connectivity index (χ4v) is 2.55. The minimum Gasteiger partial charge on any atom is -0.497 e. The minimum absolute atomic E-state index is 0.199. The van der Waals surface area contributed by atoms with Crippen molar-refractivity contribution in [2.24, 2.45) is 0 Å². The van der Waals surface area contributed by atoms with Crippen LogP contribution < -0.4 is 10.5 Å². The Bertz CT molecular complexity index is 785. The molecule has 2 aromatic heterocycles. The summed E-state index contributed by atoms with van der Waals surface area (Å²) >= 11 is 1.36. The third kappa shape index (κ3) is 3.75. The van der Waals surface area contributed by atoms with E-state index >= 15 is 0 Å². The zero-order chi connectivity index (χ0) is 16.2. The van der Waals surface area contributed by atoms with Crippen molar-refractivity contribution in [2.45, 2.75) is 17.8 Å². The Kier molecular flexibility index (Phi) is 4.38. The maximum Gasteiger partial charge on any atom is 0.247 e. The summed E-state index contributed by atoms with van der Waals surface area (Å²) in [6.45, 7) is 1.76. The molecule has 3 rings (SSSR count). The number of aromatic nitrogens is 5. The molecule has 0 amide bonds. The van der Waals surface area contributed by atoms with Crippen LogP contribution in [0.2, 0.25) is 0 Å². The molecule has 23 heavy (non-hydrogen) atoms. The minimum atomic E-state index is 0.199. The van der Waals surface area contributed by atoms with E-state index in [1.54, 1.807) is 14.0 Å². The predicted molar refractivity (Wildman–Crippen MR) is 84.8 cm³/mol. The summed E-state index contributed by atoms with van der Waals surface area (Å²) in [6.07, 6.45) is 0. The molecule has 0 aliphatic heterocycles. The van der Waals surface area contributed by atoms with Gasteiger partial charge < -0.3 is 14.9 Å². The number of aryl methyl sites for hydroxylation is 1. The molecule has 2 N–H and O–H groups in total. The van der Waals surface area contributed by atoms with Gasteiger partial charge in [0.25, 0.3) is 0 Å². The molecule has 0 bridgehead atoms. The average Bonchev–Trinajstić information content (AvgIpc) is 3.01. The second-order valence-corrected chi connectivity index (χ2v) is 5.48. The topological polar surface area (TPSA) is 113 Å². The van der Waals surface area contributed by atoms with Crippen molar-refractivity contribution in [1.82, 2.24) is 25.1 Å². The van der Waals surface area contributed by atoms with Gasteiger partial charge in [0, 0.05) is 5.56 Å². The first-order valence-electron chi connectivity index (χ1n) is 6.72. The highest BCUT2D eigenvalue weighted by atomic mass is 32.2. The van der Waals surface area contributed by atoms with Crippen LogP contribution in [0.3, 0.4) is 0 Å². The van der Waals surface area contributed by atoms with Gasteiger partial charge in [-0.3, -0.25) is 0 Å². The normalized spacial score (nSPS) is 10.7. The quantitative estimate of drug-likeness (QED) is 0.702. The number of hydrogen-bond donors (Lipinski definition) is 1. The zero-order valence-corrected chi connectivity index (χ0v) is 13.4. The van der Waals surface area contributed by atoms with Crippen LogP contribution in [-0.2, 0) is 5.75 Å². The average molecular weight is 330 g/mol. The molecule has 8 nitrogen and oxygen atoms in total. The van der Waals surface area contributed by atoms with Crippen LogP contribution >= 0.6 is 11.8 Å². The van der Waals surface area contributed by atoms with Crippen LogP contribution in [0.15, 0.2) is 33.8 Å². The monoisotopic (exact) mass is 330 g/mol. The lowest BCUT2D eigenvalue weighted by molar-refractivity contribution is 0.415. The third-order valence-electron chi connectivity index (χ3n) is 2.87. The van der Waals surface area contributed by atoms with E-state index in [1.807, 2.05) is 24.3 Å². The van der Waals surface area contributed by atoms with E-state index in [-0.39, 0.29) is 5.95 Å². The number of ether oxygens (including phenoxy) is 1. The van der Waals surface area contributed by atoms with Gasteiger partial charge in [0.2, 0.25) is 17.7 Å². The van der Waals surface area contributed by atoms with Crippen molar-refractivity contribution in [2.75, 3.05) is 12.8 Å². The maximum atomic E-state index is 5.64. The van der Waals surface area contributed by atoms with Crippen molar-refractivity contribution in [3.8, 4) is 17.2 Å². The largest absolute Gasteiger partial charge is 0.497 e. The molecule has 0 aliphatic rings. The highest BCUT2D eigenvalue weighted by Crippen LogP contribution is 2.24. The van der Waals surface area contributed by atoms with Crippen LogP contribution in [-0.4, -0.2) is 32.3 Å². The van der Waals surface area contributed by atoms with E-state index in [9.17, 15) is 0 Å². The lowest BCUT2D eigenvalue weighted by Gasteiger charge is -2.00. The van der Waals surface area contributed by atoms with Crippen molar-refractivity contribution in [3.63, 3.8) is 0 Å². The Hall–Kier alpha value is -2.68. The van der Waals surface area contributed by atoms with Crippen molar-refractivity contribution >= 4 is 17.7 Å². The molecular weight excluding hydrogens is 316 g/mol. The van der Waals surface area contributed by atoms with Crippen molar-refractivity contribution in [3.05, 3.63) is 36.0 Å². The number of thioether (sulfide) groups is 1. The van der Waals surface area contributed by atoms with E-state index in [0.29, 0.717) is 28.5 Å². The molecular formula is C14H14N6O2S. The SMILES string of the molecule is COc1ccc(-c2nnc(CSc3nc(C)nc(N)n3)o2)cc1. The molecule has 9 heteroatoms. The number of nitrogen functional groups attached to an aromatic ring is 1. The summed E-state index contributed by atoms with van der Waals surface area (Å²) in [5, 5.41) is 8.59. The molecule has 0 radical (unpaired) electrons. The van der Waals surface area contributed by atoms with Gasteiger partial charge in [0.15, 0.2) is 5.16 Å². The van der Waals surface area contributed by atoms with Gasteiger partial charge in [-0.1, -0.05) is 11.8 Å². The first-order valence-corrected chi connectivity index (χ1v) is 7.70. The number of anilines is 1. The van der Waals surface area contributed by atoms with Gasteiger partial charge in [0.1, 0.15) is 11.6 Å². The van der Waals surface area contributed by atoms with Crippen LogP contribution in [0, 0.1) is 6.92 Å². The number of benzene rings is 1. The molecule has 0 aliphatic carbocycles. The Morgan fingerprint density at radius 3 is 2.61 bits per heavy atom. The number of rotatable bonds is 5. The lowest BCUT2D eigenvalue weighted by atomic mass is 10.2. The van der Waals surface area contributed by atoms with Crippen molar-refractivity contribution in [1.29, 1.82) is 0 Å². The Balaban J connectivity index is 1.69. The Morgan fingerprint density at radius 2 is 1.91 bits per heavy atom. The first-order chi connectivity index (χ1) is 11.1. The summed E-state index contributed by atoms with van der Waals surface area (Å²) in [5.41, 5.74) is 6.42. The first kappa shape index (κ1) is 15.2. The summed E-state index contributed by atoms with van der Waals surface area (Å²) in [5.74, 6) is 2.93. The summed E-state index contributed by atoms with van der Waals surface area (Å²) in [7, 11) is 1.62. The standard InChI is InChI=1S/C14H14N6O2S/c1-8-16-13(15)18-14(17-8)23-7-11-19-20-12(22-11)9-3-5-10(21-2)6-4-9/h3-6H,7H2,1-2H3,(H2,15,16,17,18). The van der Waals surface area contributed by atoms with E-state index in [2.05, 4.69) is 25.1 Å². The molecule has 0 unspecified atom stereocenters. The van der Waals surface area contributed by atoms with Crippen LogP contribution in [0.4, 0.5) is 5.95 Å². The van der Waals surface area contributed by atoms with Crippen LogP contribution in [0.25, 0.3) is 11.5 Å². The van der Waals surface area contributed by atoms with E-state index < -0.39 is 0 Å². The number of hydrogen-bond acceptors (Lipinski definition) is 9. The van der Waals surface area contributed by atoms with Crippen LogP contribution in [0.1, 0.15) is 11.7 Å². The maximum absolute atomic E-state index is 5.64. The predicted octanol–water partition coefficient (Wildman–Crippen LogP) is 2.11. The molecule has 2 heterocycles. The molecule has 118 valence electrons. The molecule has 0 saturated heterocycles. The number of nitrogens with two attached hydrogens (primary N) is 1. The van der Waals surface area contributed by atoms with E-state index in [0.717, 1.165) is 11.3 Å². The molecule has 0 spiro atoms. The smallest absolute Gasteiger partial charge is 0.247 e. The zero-order valence-electron chi connectivity index (χ0n) is 12.6. The molecule has 3 aromatic rings. The lowest BCUT2D eigenvalue weighted by Crippen LogP contribution is -2.01. The number of methoxy groups -OCH3 is 1. The fourth-order valence-electron chi connectivity index (χ4n) is 1.83.